The Bertz CT molecular complexity index is 1470. The molecule has 4 aromatic carbocycles. The van der Waals surface area contributed by atoms with Gasteiger partial charge in [0.15, 0.2) is 11.6 Å². The van der Waals surface area contributed by atoms with E-state index in [0.29, 0.717) is 22.4 Å². The van der Waals surface area contributed by atoms with Gasteiger partial charge in [0.1, 0.15) is 5.75 Å². The molecule has 5 nitrogen and oxygen atoms in total. The predicted molar refractivity (Wildman–Crippen MR) is 135 cm³/mol. The predicted octanol–water partition coefficient (Wildman–Crippen LogP) is 6.95. The number of hydrogen-bond acceptors (Lipinski definition) is 5. The summed E-state index contributed by atoms with van der Waals surface area (Å²) in [6.45, 7) is 0. The van der Waals surface area contributed by atoms with Gasteiger partial charge >= 0.3 is 6.09 Å². The zero-order chi connectivity index (χ0) is 23.9. The van der Waals surface area contributed by atoms with Gasteiger partial charge in [0.25, 0.3) is 0 Å². The maximum atomic E-state index is 13.3. The van der Waals surface area contributed by atoms with Crippen molar-refractivity contribution < 1.29 is 19.1 Å². The molecule has 0 radical (unpaired) electrons. The van der Waals surface area contributed by atoms with Gasteiger partial charge in [-0.2, -0.15) is 0 Å². The van der Waals surface area contributed by atoms with Crippen LogP contribution in [0.2, 0.25) is 0 Å². The number of para-hydroxylation sites is 2. The van der Waals surface area contributed by atoms with Gasteiger partial charge in [0.2, 0.25) is 0 Å². The SMILES string of the molecule is O=C1C(=Cc2ccc(OC(=O)N3c4ccccc4Sc4ccccc43)cc2)C(=O)c2ccccc21. The van der Waals surface area contributed by atoms with Crippen LogP contribution in [0.1, 0.15) is 26.3 Å². The minimum atomic E-state index is -0.520. The molecule has 1 heterocycles. The molecule has 0 fully saturated rings. The Morgan fingerprint density at radius 3 is 1.77 bits per heavy atom. The second kappa shape index (κ2) is 8.42. The number of anilines is 2. The summed E-state index contributed by atoms with van der Waals surface area (Å²) in [5.41, 5.74) is 3.18. The van der Waals surface area contributed by atoms with Crippen molar-refractivity contribution in [1.29, 1.82) is 0 Å². The van der Waals surface area contributed by atoms with Crippen LogP contribution in [-0.2, 0) is 0 Å². The molecule has 0 bridgehead atoms. The molecule has 1 amide bonds. The summed E-state index contributed by atoms with van der Waals surface area (Å²) in [7, 11) is 0. The monoisotopic (exact) mass is 475 g/mol. The highest BCUT2D eigenvalue weighted by atomic mass is 32.2. The van der Waals surface area contributed by atoms with Crippen LogP contribution in [0.4, 0.5) is 16.2 Å². The molecular weight excluding hydrogens is 458 g/mol. The Morgan fingerprint density at radius 1 is 0.686 bits per heavy atom. The van der Waals surface area contributed by atoms with E-state index in [1.54, 1.807) is 71.3 Å². The fraction of sp³-hybridized carbons (Fsp3) is 0. The van der Waals surface area contributed by atoms with Crippen molar-refractivity contribution >= 4 is 46.9 Å². The maximum absolute atomic E-state index is 13.3. The van der Waals surface area contributed by atoms with Crippen molar-refractivity contribution in [2.45, 2.75) is 9.79 Å². The number of carbonyl (C=O) groups is 3. The van der Waals surface area contributed by atoms with Crippen molar-refractivity contribution in [3.05, 3.63) is 119 Å². The van der Waals surface area contributed by atoms with Gasteiger partial charge < -0.3 is 4.74 Å². The number of fused-ring (bicyclic) bond motifs is 3. The van der Waals surface area contributed by atoms with E-state index in [9.17, 15) is 14.4 Å². The van der Waals surface area contributed by atoms with Crippen LogP contribution in [0.5, 0.6) is 5.75 Å². The lowest BCUT2D eigenvalue weighted by Gasteiger charge is -2.30. The van der Waals surface area contributed by atoms with E-state index >= 15 is 0 Å². The fourth-order valence-corrected chi connectivity index (χ4v) is 5.31. The highest BCUT2D eigenvalue weighted by molar-refractivity contribution is 7.99. The molecule has 0 unspecified atom stereocenters. The van der Waals surface area contributed by atoms with Crippen molar-refractivity contribution in [2.75, 3.05) is 4.90 Å². The number of amides is 1. The minimum absolute atomic E-state index is 0.134. The first-order chi connectivity index (χ1) is 17.1. The summed E-state index contributed by atoms with van der Waals surface area (Å²) < 4.78 is 5.71. The molecule has 0 aromatic heterocycles. The summed E-state index contributed by atoms with van der Waals surface area (Å²) in [4.78, 5) is 42.0. The quantitative estimate of drug-likeness (QED) is 0.232. The van der Waals surface area contributed by atoms with E-state index in [-0.39, 0.29) is 17.1 Å². The molecular formula is C29H17NO4S. The number of rotatable bonds is 2. The highest BCUT2D eigenvalue weighted by Gasteiger charge is 2.32. The Kier molecular flexibility index (Phi) is 5.08. The Hall–Kier alpha value is -4.42. The fourth-order valence-electron chi connectivity index (χ4n) is 4.25. The van der Waals surface area contributed by atoms with Gasteiger partial charge in [-0.05, 0) is 48.0 Å². The van der Waals surface area contributed by atoms with E-state index < -0.39 is 6.09 Å². The lowest BCUT2D eigenvalue weighted by Crippen LogP contribution is -2.31. The van der Waals surface area contributed by atoms with E-state index in [4.69, 9.17) is 4.74 Å². The van der Waals surface area contributed by atoms with Crippen molar-refractivity contribution in [2.24, 2.45) is 0 Å². The average Bonchev–Trinajstić information content (AvgIpc) is 3.13. The van der Waals surface area contributed by atoms with Gasteiger partial charge in [-0.1, -0.05) is 72.4 Å². The molecule has 0 saturated heterocycles. The first-order valence-electron chi connectivity index (χ1n) is 11.0. The number of nitrogens with zero attached hydrogens (tertiary/aromatic N) is 1. The standard InChI is InChI=1S/C29H17NO4S/c31-27-20-7-1-2-8-21(20)28(32)22(27)17-18-13-15-19(16-14-18)34-29(33)30-23-9-3-5-11-25(23)35-26-12-6-4-10-24(26)30/h1-17H. The molecule has 0 atom stereocenters. The van der Waals surface area contributed by atoms with Crippen LogP contribution in [0.25, 0.3) is 6.08 Å². The Morgan fingerprint density at radius 2 is 1.20 bits per heavy atom. The van der Waals surface area contributed by atoms with E-state index in [1.807, 2.05) is 48.5 Å². The largest absolute Gasteiger partial charge is 0.424 e. The lowest BCUT2D eigenvalue weighted by molar-refractivity contribution is 0.0990. The van der Waals surface area contributed by atoms with Crippen LogP contribution in [0.3, 0.4) is 0 Å². The van der Waals surface area contributed by atoms with Crippen LogP contribution < -0.4 is 9.64 Å². The third kappa shape index (κ3) is 3.64. The first-order valence-corrected chi connectivity index (χ1v) is 11.8. The maximum Gasteiger partial charge on any atom is 0.424 e. The molecule has 0 N–H and O–H groups in total. The summed E-state index contributed by atoms with van der Waals surface area (Å²) in [5.74, 6) is -0.194. The summed E-state index contributed by atoms with van der Waals surface area (Å²) in [5, 5.41) is 0. The number of ether oxygens (including phenoxy) is 1. The number of benzene rings is 4. The average molecular weight is 476 g/mol. The Labute approximate surface area is 205 Å². The smallest absolute Gasteiger partial charge is 0.410 e. The molecule has 1 aliphatic heterocycles. The number of allylic oxidation sites excluding steroid dienone is 1. The molecule has 4 aromatic rings. The van der Waals surface area contributed by atoms with E-state index in [0.717, 1.165) is 21.2 Å². The summed E-state index contributed by atoms with van der Waals surface area (Å²) in [6.07, 6.45) is 1.05. The topological polar surface area (TPSA) is 63.7 Å². The number of Topliss-reactive ketones (excluding diaryl/α,β-unsaturated/α-hetero) is 2. The zero-order valence-electron chi connectivity index (χ0n) is 18.3. The summed E-state index contributed by atoms with van der Waals surface area (Å²) >= 11 is 1.61. The zero-order valence-corrected chi connectivity index (χ0v) is 19.1. The van der Waals surface area contributed by atoms with Crippen LogP contribution >= 0.6 is 11.8 Å². The van der Waals surface area contributed by atoms with Crippen LogP contribution in [0.15, 0.2) is 112 Å². The number of carbonyl (C=O) groups excluding carboxylic acids is 3. The molecule has 168 valence electrons. The van der Waals surface area contributed by atoms with E-state index in [1.165, 1.54) is 0 Å². The van der Waals surface area contributed by atoms with Crippen LogP contribution in [-0.4, -0.2) is 17.7 Å². The molecule has 0 spiro atoms. The third-order valence-corrected chi connectivity index (χ3v) is 7.05. The molecule has 6 rings (SSSR count). The Balaban J connectivity index is 1.25. The number of ketones is 2. The molecule has 1 aliphatic carbocycles. The van der Waals surface area contributed by atoms with Gasteiger partial charge in [-0.15, -0.1) is 0 Å². The third-order valence-electron chi connectivity index (χ3n) is 5.92. The minimum Gasteiger partial charge on any atom is -0.410 e. The van der Waals surface area contributed by atoms with Crippen molar-refractivity contribution in [1.82, 2.24) is 0 Å². The van der Waals surface area contributed by atoms with Gasteiger partial charge in [0, 0.05) is 20.9 Å². The second-order valence-corrected chi connectivity index (χ2v) is 9.16. The van der Waals surface area contributed by atoms with Crippen molar-refractivity contribution in [3.63, 3.8) is 0 Å². The summed E-state index contributed by atoms with van der Waals surface area (Å²) in [6, 6.07) is 28.9. The van der Waals surface area contributed by atoms with E-state index in [2.05, 4.69) is 0 Å². The molecule has 2 aliphatic rings. The van der Waals surface area contributed by atoms with Gasteiger partial charge in [-0.25, -0.2) is 9.69 Å². The molecule has 35 heavy (non-hydrogen) atoms. The molecule has 6 heteroatoms. The van der Waals surface area contributed by atoms with Crippen LogP contribution in [0, 0.1) is 0 Å². The lowest BCUT2D eigenvalue weighted by atomic mass is 10.1. The van der Waals surface area contributed by atoms with Crippen molar-refractivity contribution in [3.8, 4) is 5.75 Å². The molecule has 0 saturated carbocycles. The second-order valence-electron chi connectivity index (χ2n) is 8.07. The normalized spacial score (nSPS) is 13.7. The number of hydrogen-bond donors (Lipinski definition) is 0. The van der Waals surface area contributed by atoms with Gasteiger partial charge in [-0.3, -0.25) is 9.59 Å². The first kappa shape index (κ1) is 21.1. The van der Waals surface area contributed by atoms with Gasteiger partial charge in [0.05, 0.1) is 16.9 Å². The highest BCUT2D eigenvalue weighted by Crippen LogP contribution is 2.48.